The average molecular weight is 363 g/mol. The van der Waals surface area contributed by atoms with Crippen LogP contribution in [0.4, 0.5) is 5.69 Å². The molecule has 3 aliphatic rings. The van der Waals surface area contributed by atoms with Gasteiger partial charge in [0.05, 0.1) is 13.2 Å². The highest BCUT2D eigenvalue weighted by atomic mass is 16.8. The molecule has 1 amide bonds. The number of nitrogens with zero attached hydrogens (tertiary/aromatic N) is 1. The van der Waals surface area contributed by atoms with Crippen molar-refractivity contribution in [3.63, 3.8) is 0 Å². The maximum Gasteiger partial charge on any atom is 0.253 e. The first kappa shape index (κ1) is 17.9. The molecule has 7 nitrogen and oxygen atoms in total. The topological polar surface area (TPSA) is 77.5 Å². The summed E-state index contributed by atoms with van der Waals surface area (Å²) in [7, 11) is 0. The molecule has 3 fully saturated rings. The number of carbonyl (C=O) groups excluding carboxylic acids is 1. The molecule has 7 heteroatoms. The highest BCUT2D eigenvalue weighted by Crippen LogP contribution is 2.41. The number of morpholine rings is 1. The molecule has 4 rings (SSSR count). The molecule has 3 saturated heterocycles. The molecule has 3 heterocycles. The molecule has 1 aromatic carbocycles. The largest absolute Gasteiger partial charge is 0.385 e. The second-order valence-corrected chi connectivity index (χ2v) is 7.82. The average Bonchev–Trinajstić information content (AvgIpc) is 2.87. The Kier molecular flexibility index (Phi) is 4.13. The highest BCUT2D eigenvalue weighted by molar-refractivity contribution is 5.95. The van der Waals surface area contributed by atoms with E-state index in [1.807, 2.05) is 32.0 Å². The molecule has 142 valence electrons. The van der Waals surface area contributed by atoms with Crippen LogP contribution in [0.1, 0.15) is 25.0 Å². The Labute approximate surface area is 152 Å². The third-order valence-corrected chi connectivity index (χ3v) is 5.11. The molecule has 4 atom stereocenters. The minimum Gasteiger partial charge on any atom is -0.385 e. The molecule has 1 aromatic rings. The van der Waals surface area contributed by atoms with E-state index in [1.165, 1.54) is 0 Å². The van der Waals surface area contributed by atoms with E-state index in [-0.39, 0.29) is 31.8 Å². The number of anilines is 1. The third-order valence-electron chi connectivity index (χ3n) is 5.11. The van der Waals surface area contributed by atoms with Crippen LogP contribution in [0.2, 0.25) is 0 Å². The van der Waals surface area contributed by atoms with Gasteiger partial charge in [-0.3, -0.25) is 4.79 Å². The predicted molar refractivity (Wildman–Crippen MR) is 92.7 cm³/mol. The number of hydrogen-bond acceptors (Lipinski definition) is 6. The van der Waals surface area contributed by atoms with Gasteiger partial charge in [-0.25, -0.2) is 0 Å². The Bertz CT molecular complexity index is 714. The number of amides is 1. The summed E-state index contributed by atoms with van der Waals surface area (Å²) in [5, 5.41) is 11.0. The van der Waals surface area contributed by atoms with Gasteiger partial charge in [0.2, 0.25) is 5.79 Å². The summed E-state index contributed by atoms with van der Waals surface area (Å²) in [5.41, 5.74) is 2.90. The summed E-state index contributed by atoms with van der Waals surface area (Å²) in [4.78, 5) is 14.1. The van der Waals surface area contributed by atoms with Crippen LogP contribution in [0.15, 0.2) is 18.2 Å². The minimum absolute atomic E-state index is 0.100. The van der Waals surface area contributed by atoms with Crippen molar-refractivity contribution in [2.45, 2.75) is 57.6 Å². The van der Waals surface area contributed by atoms with Gasteiger partial charge < -0.3 is 29.0 Å². The Hall–Kier alpha value is -1.51. The molecule has 3 aliphatic heterocycles. The maximum atomic E-state index is 12.5. The summed E-state index contributed by atoms with van der Waals surface area (Å²) >= 11 is 0. The molecular formula is C19H25NO6. The van der Waals surface area contributed by atoms with Crippen LogP contribution in [-0.2, 0) is 23.7 Å². The standard InChI is InChI=1S/C19H25NO6/c1-11-5-12(2)7-13(6-11)20-10-19(24-9-15(20)21)17(22)16-14(8-23-19)25-18(3,4)26-16/h5-7,14,16-17,22H,8-10H2,1-4H3/t14-,16-,17+,19+/m1/s1. The van der Waals surface area contributed by atoms with Gasteiger partial charge in [0.1, 0.15) is 24.9 Å². The number of aliphatic hydroxyl groups is 1. The van der Waals surface area contributed by atoms with Crippen molar-refractivity contribution in [1.82, 2.24) is 0 Å². The van der Waals surface area contributed by atoms with Gasteiger partial charge in [-0.05, 0) is 51.0 Å². The highest BCUT2D eigenvalue weighted by Gasteiger charge is 2.60. The lowest BCUT2D eigenvalue weighted by molar-refractivity contribution is -0.323. The van der Waals surface area contributed by atoms with Crippen molar-refractivity contribution in [3.8, 4) is 0 Å². The van der Waals surface area contributed by atoms with Crippen LogP contribution in [0.3, 0.4) is 0 Å². The van der Waals surface area contributed by atoms with Gasteiger partial charge in [-0.15, -0.1) is 0 Å². The Morgan fingerprint density at radius 2 is 1.81 bits per heavy atom. The summed E-state index contributed by atoms with van der Waals surface area (Å²) in [6.07, 6.45) is -1.99. The summed E-state index contributed by atoms with van der Waals surface area (Å²) in [6.45, 7) is 7.75. The van der Waals surface area contributed by atoms with E-state index in [0.29, 0.717) is 0 Å². The van der Waals surface area contributed by atoms with Crippen LogP contribution < -0.4 is 4.90 Å². The number of rotatable bonds is 1. The normalized spacial score (nSPS) is 36.4. The number of carbonyl (C=O) groups is 1. The zero-order valence-electron chi connectivity index (χ0n) is 15.5. The first-order chi connectivity index (χ1) is 12.2. The summed E-state index contributed by atoms with van der Waals surface area (Å²) < 4.78 is 23.3. The van der Waals surface area contributed by atoms with E-state index in [9.17, 15) is 9.90 Å². The molecule has 1 spiro atoms. The lowest BCUT2D eigenvalue weighted by atomic mass is 9.95. The lowest BCUT2D eigenvalue weighted by Crippen LogP contribution is -2.68. The smallest absolute Gasteiger partial charge is 0.253 e. The fourth-order valence-corrected chi connectivity index (χ4v) is 4.04. The molecule has 1 N–H and O–H groups in total. The van der Waals surface area contributed by atoms with Crippen LogP contribution in [0, 0.1) is 13.8 Å². The van der Waals surface area contributed by atoms with Gasteiger partial charge >= 0.3 is 0 Å². The van der Waals surface area contributed by atoms with Gasteiger partial charge in [-0.1, -0.05) is 6.07 Å². The Balaban J connectivity index is 1.62. The van der Waals surface area contributed by atoms with Crippen molar-refractivity contribution < 1.29 is 28.8 Å². The number of aliphatic hydroxyl groups excluding tert-OH is 1. The van der Waals surface area contributed by atoms with E-state index in [2.05, 4.69) is 0 Å². The van der Waals surface area contributed by atoms with Crippen LogP contribution >= 0.6 is 0 Å². The minimum atomic E-state index is -1.32. The molecular weight excluding hydrogens is 338 g/mol. The van der Waals surface area contributed by atoms with E-state index in [1.54, 1.807) is 18.7 Å². The first-order valence-corrected chi connectivity index (χ1v) is 8.89. The number of ether oxygens (including phenoxy) is 4. The van der Waals surface area contributed by atoms with Gasteiger partial charge in [0.15, 0.2) is 5.79 Å². The van der Waals surface area contributed by atoms with Crippen molar-refractivity contribution in [3.05, 3.63) is 29.3 Å². The van der Waals surface area contributed by atoms with Crippen molar-refractivity contribution >= 4 is 11.6 Å². The molecule has 0 aliphatic carbocycles. The third kappa shape index (κ3) is 2.93. The first-order valence-electron chi connectivity index (χ1n) is 8.89. The molecule has 0 unspecified atom stereocenters. The SMILES string of the molecule is Cc1cc(C)cc(N2C[C@@]3(OCC2=O)OC[C@H]2OC(C)(C)O[C@H]2[C@@H]3O)c1. The van der Waals surface area contributed by atoms with E-state index >= 15 is 0 Å². The van der Waals surface area contributed by atoms with Crippen LogP contribution in [0.25, 0.3) is 0 Å². The van der Waals surface area contributed by atoms with Gasteiger partial charge in [-0.2, -0.15) is 0 Å². The zero-order chi connectivity index (χ0) is 18.7. The quantitative estimate of drug-likeness (QED) is 0.810. The van der Waals surface area contributed by atoms with Gasteiger partial charge in [0, 0.05) is 5.69 Å². The summed E-state index contributed by atoms with van der Waals surface area (Å²) in [6, 6.07) is 5.94. The Morgan fingerprint density at radius 3 is 2.50 bits per heavy atom. The van der Waals surface area contributed by atoms with Crippen molar-refractivity contribution in [2.24, 2.45) is 0 Å². The fourth-order valence-electron chi connectivity index (χ4n) is 4.04. The lowest BCUT2D eigenvalue weighted by Gasteiger charge is -2.48. The van der Waals surface area contributed by atoms with E-state index in [4.69, 9.17) is 18.9 Å². The molecule has 0 aromatic heterocycles. The zero-order valence-corrected chi connectivity index (χ0v) is 15.5. The molecule has 0 saturated carbocycles. The maximum absolute atomic E-state index is 12.5. The fraction of sp³-hybridized carbons (Fsp3) is 0.632. The predicted octanol–water partition coefficient (Wildman–Crippen LogP) is 1.27. The van der Waals surface area contributed by atoms with Crippen molar-refractivity contribution in [1.29, 1.82) is 0 Å². The molecule has 26 heavy (non-hydrogen) atoms. The molecule has 0 radical (unpaired) electrons. The number of fused-ring (bicyclic) bond motifs is 1. The van der Waals surface area contributed by atoms with E-state index in [0.717, 1.165) is 16.8 Å². The summed E-state index contributed by atoms with van der Waals surface area (Å²) in [5.74, 6) is -2.28. The molecule has 0 bridgehead atoms. The Morgan fingerprint density at radius 1 is 1.12 bits per heavy atom. The second-order valence-electron chi connectivity index (χ2n) is 7.82. The number of aryl methyl sites for hydroxylation is 2. The van der Waals surface area contributed by atoms with Gasteiger partial charge in [0.25, 0.3) is 5.91 Å². The second kappa shape index (κ2) is 6.00. The number of hydrogen-bond donors (Lipinski definition) is 1. The van der Waals surface area contributed by atoms with Crippen LogP contribution in [-0.4, -0.2) is 60.7 Å². The van der Waals surface area contributed by atoms with Crippen molar-refractivity contribution in [2.75, 3.05) is 24.7 Å². The monoisotopic (exact) mass is 363 g/mol. The number of benzene rings is 1. The van der Waals surface area contributed by atoms with E-state index < -0.39 is 23.8 Å². The van der Waals surface area contributed by atoms with Crippen LogP contribution in [0.5, 0.6) is 0 Å².